The zero-order valence-corrected chi connectivity index (χ0v) is 18.0. The van der Waals surface area contributed by atoms with E-state index in [2.05, 4.69) is 15.5 Å². The number of nitrogens with one attached hydrogen (secondary N) is 2. The second-order valence-corrected chi connectivity index (χ2v) is 8.71. The highest BCUT2D eigenvalue weighted by Gasteiger charge is 2.24. The summed E-state index contributed by atoms with van der Waals surface area (Å²) in [6.07, 6.45) is 5.49. The first-order valence-corrected chi connectivity index (χ1v) is 11.8. The van der Waals surface area contributed by atoms with Crippen molar-refractivity contribution in [1.82, 2.24) is 15.5 Å². The lowest BCUT2D eigenvalue weighted by Gasteiger charge is -2.32. The summed E-state index contributed by atoms with van der Waals surface area (Å²) in [6.45, 7) is 6.23. The molecule has 0 spiro atoms. The van der Waals surface area contributed by atoms with E-state index < -0.39 is 10.8 Å². The zero-order valence-electron chi connectivity index (χ0n) is 17.2. The zero-order chi connectivity index (χ0) is 20.3. The average Bonchev–Trinajstić information content (AvgIpc) is 3.30. The minimum Gasteiger partial charge on any atom is -0.468 e. The van der Waals surface area contributed by atoms with Gasteiger partial charge in [-0.05, 0) is 57.1 Å². The molecule has 158 valence electrons. The molecule has 29 heavy (non-hydrogen) atoms. The lowest BCUT2D eigenvalue weighted by atomic mass is 10.1. The Morgan fingerprint density at radius 2 is 1.93 bits per heavy atom. The van der Waals surface area contributed by atoms with Gasteiger partial charge in [-0.15, -0.1) is 0 Å². The molecule has 1 aliphatic heterocycles. The molecule has 1 aliphatic rings. The van der Waals surface area contributed by atoms with Crippen LogP contribution in [0.25, 0.3) is 0 Å². The van der Waals surface area contributed by atoms with Crippen LogP contribution in [0.3, 0.4) is 0 Å². The first-order valence-electron chi connectivity index (χ1n) is 10.5. The number of nitrogens with zero attached hydrogens (tertiary/aromatic N) is 2. The first kappa shape index (κ1) is 21.6. The highest BCUT2D eigenvalue weighted by molar-refractivity contribution is 7.85. The van der Waals surface area contributed by atoms with Crippen molar-refractivity contribution >= 4 is 16.8 Å². The van der Waals surface area contributed by atoms with E-state index >= 15 is 0 Å². The van der Waals surface area contributed by atoms with Crippen molar-refractivity contribution in [2.45, 2.75) is 37.1 Å². The Morgan fingerprint density at radius 3 is 2.62 bits per heavy atom. The predicted octanol–water partition coefficient (Wildman–Crippen LogP) is 3.17. The van der Waals surface area contributed by atoms with Crippen molar-refractivity contribution < 1.29 is 8.63 Å². The Bertz CT molecular complexity index is 758. The summed E-state index contributed by atoms with van der Waals surface area (Å²) < 4.78 is 18.1. The maximum absolute atomic E-state index is 12.4. The molecule has 0 saturated carbocycles. The monoisotopic (exact) mass is 416 g/mol. The summed E-state index contributed by atoms with van der Waals surface area (Å²) in [4.78, 5) is 8.14. The van der Waals surface area contributed by atoms with Crippen LogP contribution >= 0.6 is 0 Å². The van der Waals surface area contributed by atoms with Gasteiger partial charge >= 0.3 is 0 Å². The van der Waals surface area contributed by atoms with Gasteiger partial charge < -0.3 is 15.1 Å². The molecule has 1 aromatic carbocycles. The topological polar surface area (TPSA) is 69.9 Å². The quantitative estimate of drug-likeness (QED) is 0.485. The fraction of sp³-hybridized carbons (Fsp3) is 0.500. The van der Waals surface area contributed by atoms with E-state index in [-0.39, 0.29) is 6.04 Å². The number of rotatable bonds is 9. The minimum atomic E-state index is -1.01. The van der Waals surface area contributed by atoms with Gasteiger partial charge in [0.25, 0.3) is 0 Å². The Hall–Kier alpha value is -2.12. The molecule has 0 bridgehead atoms. The third-order valence-electron chi connectivity index (χ3n) is 5.06. The Balaban J connectivity index is 1.58. The van der Waals surface area contributed by atoms with E-state index in [4.69, 9.17) is 9.41 Å². The van der Waals surface area contributed by atoms with Gasteiger partial charge in [-0.3, -0.25) is 14.1 Å². The number of likely N-dealkylation sites (tertiary alicyclic amines) is 1. The number of furan rings is 1. The van der Waals surface area contributed by atoms with Gasteiger partial charge in [-0.1, -0.05) is 24.6 Å². The molecule has 0 aliphatic carbocycles. The molecule has 7 heteroatoms. The van der Waals surface area contributed by atoms with Crippen LogP contribution in [-0.2, 0) is 10.8 Å². The third kappa shape index (κ3) is 6.72. The summed E-state index contributed by atoms with van der Waals surface area (Å²) in [5.74, 6) is 2.27. The van der Waals surface area contributed by atoms with E-state index in [1.165, 1.54) is 19.3 Å². The molecule has 2 unspecified atom stereocenters. The van der Waals surface area contributed by atoms with Crippen LogP contribution in [-0.4, -0.2) is 53.5 Å². The van der Waals surface area contributed by atoms with Gasteiger partial charge in [0.1, 0.15) is 5.76 Å². The highest BCUT2D eigenvalue weighted by atomic mass is 32.2. The summed E-state index contributed by atoms with van der Waals surface area (Å²) in [5.41, 5.74) is 0. The van der Waals surface area contributed by atoms with Crippen LogP contribution in [0.15, 0.2) is 63.0 Å². The smallest absolute Gasteiger partial charge is 0.191 e. The Kier molecular flexibility index (Phi) is 8.77. The van der Waals surface area contributed by atoms with Crippen LogP contribution in [0.2, 0.25) is 0 Å². The maximum atomic E-state index is 12.4. The Morgan fingerprint density at radius 1 is 1.14 bits per heavy atom. The van der Waals surface area contributed by atoms with E-state index in [9.17, 15) is 4.21 Å². The molecule has 1 aromatic heterocycles. The number of aliphatic imine (C=N–C) groups is 1. The van der Waals surface area contributed by atoms with Crippen LogP contribution in [0.1, 0.15) is 38.0 Å². The van der Waals surface area contributed by atoms with Crippen molar-refractivity contribution in [1.29, 1.82) is 0 Å². The lowest BCUT2D eigenvalue weighted by molar-refractivity contribution is 0.150. The molecule has 1 fully saturated rings. The normalized spacial score (nSPS) is 17.6. The van der Waals surface area contributed by atoms with E-state index in [1.807, 2.05) is 49.4 Å². The van der Waals surface area contributed by atoms with E-state index in [1.54, 1.807) is 6.26 Å². The summed E-state index contributed by atoms with van der Waals surface area (Å²) in [5, 5.41) is 6.61. The molecule has 6 nitrogen and oxygen atoms in total. The average molecular weight is 417 g/mol. The fourth-order valence-electron chi connectivity index (χ4n) is 3.57. The number of hydrogen-bond donors (Lipinski definition) is 2. The predicted molar refractivity (Wildman–Crippen MR) is 119 cm³/mol. The molecule has 0 radical (unpaired) electrons. The number of guanidine groups is 1. The second-order valence-electron chi connectivity index (χ2n) is 7.14. The highest BCUT2D eigenvalue weighted by Crippen LogP contribution is 2.25. The molecule has 1 saturated heterocycles. The number of hydrogen-bond acceptors (Lipinski definition) is 4. The van der Waals surface area contributed by atoms with Crippen molar-refractivity contribution in [3.63, 3.8) is 0 Å². The van der Waals surface area contributed by atoms with Gasteiger partial charge in [0.2, 0.25) is 0 Å². The summed E-state index contributed by atoms with van der Waals surface area (Å²) in [6, 6.07) is 13.7. The molecule has 3 rings (SSSR count). The fourth-order valence-corrected chi connectivity index (χ4v) is 4.55. The van der Waals surface area contributed by atoms with Crippen LogP contribution in [0.4, 0.5) is 0 Å². The summed E-state index contributed by atoms with van der Waals surface area (Å²) in [7, 11) is -1.01. The number of benzene rings is 1. The third-order valence-corrected chi connectivity index (χ3v) is 6.43. The van der Waals surface area contributed by atoms with Crippen LogP contribution < -0.4 is 10.6 Å². The Labute approximate surface area is 176 Å². The molecular formula is C22H32N4O2S. The van der Waals surface area contributed by atoms with Crippen molar-refractivity contribution in [3.05, 3.63) is 54.5 Å². The molecule has 2 atom stereocenters. The van der Waals surface area contributed by atoms with Gasteiger partial charge in [0, 0.05) is 23.7 Å². The van der Waals surface area contributed by atoms with Gasteiger partial charge in [0.05, 0.1) is 29.6 Å². The SMILES string of the molecule is CCNC(=NCC(c1ccco1)N1CCCCC1)NCCS(=O)c1ccccc1. The summed E-state index contributed by atoms with van der Waals surface area (Å²) >= 11 is 0. The van der Waals surface area contributed by atoms with Crippen molar-refractivity contribution in [2.75, 3.05) is 38.5 Å². The first-order chi connectivity index (χ1) is 14.3. The largest absolute Gasteiger partial charge is 0.468 e. The number of piperidine rings is 1. The minimum absolute atomic E-state index is 0.152. The van der Waals surface area contributed by atoms with Gasteiger partial charge in [-0.25, -0.2) is 0 Å². The van der Waals surface area contributed by atoms with Crippen molar-refractivity contribution in [3.8, 4) is 0 Å². The molecule has 2 heterocycles. The van der Waals surface area contributed by atoms with Crippen LogP contribution in [0, 0.1) is 0 Å². The maximum Gasteiger partial charge on any atom is 0.191 e. The van der Waals surface area contributed by atoms with Crippen molar-refractivity contribution in [2.24, 2.45) is 4.99 Å². The van der Waals surface area contributed by atoms with Gasteiger partial charge in [-0.2, -0.15) is 0 Å². The van der Waals surface area contributed by atoms with E-state index in [0.717, 1.165) is 36.2 Å². The van der Waals surface area contributed by atoms with E-state index in [0.29, 0.717) is 18.8 Å². The molecular weight excluding hydrogens is 384 g/mol. The molecule has 2 N–H and O–H groups in total. The molecule has 2 aromatic rings. The second kappa shape index (κ2) is 11.8. The van der Waals surface area contributed by atoms with Crippen LogP contribution in [0.5, 0.6) is 0 Å². The standard InChI is InChI=1S/C22H32N4O2S/c1-2-23-22(24-13-17-29(27)19-10-5-3-6-11-19)25-18-20(21-12-9-16-28-21)26-14-7-4-8-15-26/h3,5-6,9-12,16,20H,2,4,7-8,13-15,17-18H2,1H3,(H2,23,24,25). The molecule has 0 amide bonds. The van der Waals surface area contributed by atoms with Gasteiger partial charge in [0.15, 0.2) is 5.96 Å². The lowest BCUT2D eigenvalue weighted by Crippen LogP contribution is -2.40.